The summed E-state index contributed by atoms with van der Waals surface area (Å²) in [6.45, 7) is 5.34. The molecule has 8 heteroatoms. The van der Waals surface area contributed by atoms with Crippen LogP contribution in [0, 0.1) is 0 Å². The number of amides is 2. The van der Waals surface area contributed by atoms with Crippen molar-refractivity contribution in [1.82, 2.24) is 9.80 Å². The molecule has 0 aromatic heterocycles. The van der Waals surface area contributed by atoms with Crippen LogP contribution < -0.4 is 9.64 Å². The Labute approximate surface area is 193 Å². The van der Waals surface area contributed by atoms with E-state index in [9.17, 15) is 14.4 Å². The number of hydrogen-bond acceptors (Lipinski definition) is 6. The van der Waals surface area contributed by atoms with Gasteiger partial charge >= 0.3 is 5.97 Å². The second-order valence-electron chi connectivity index (χ2n) is 8.27. The molecule has 2 aliphatic heterocycles. The first-order valence-electron chi connectivity index (χ1n) is 11.3. The lowest BCUT2D eigenvalue weighted by molar-refractivity contribution is -0.159. The quantitative estimate of drug-likeness (QED) is 0.600. The molecule has 1 saturated heterocycles. The molecule has 2 aromatic carbocycles. The summed E-state index contributed by atoms with van der Waals surface area (Å²) in [6.07, 6.45) is -0.853. The van der Waals surface area contributed by atoms with Crippen LogP contribution in [0.4, 0.5) is 5.69 Å². The summed E-state index contributed by atoms with van der Waals surface area (Å²) in [4.78, 5) is 43.0. The fourth-order valence-corrected chi connectivity index (χ4v) is 4.13. The van der Waals surface area contributed by atoms with Gasteiger partial charge in [-0.2, -0.15) is 0 Å². The first-order valence-corrected chi connectivity index (χ1v) is 11.3. The Morgan fingerprint density at radius 1 is 1.00 bits per heavy atom. The molecule has 0 aliphatic carbocycles. The minimum absolute atomic E-state index is 0.00253. The highest BCUT2D eigenvalue weighted by molar-refractivity contribution is 5.98. The first-order chi connectivity index (χ1) is 16.0. The lowest BCUT2D eigenvalue weighted by Gasteiger charge is -2.35. The lowest BCUT2D eigenvalue weighted by atomic mass is 10.2. The number of hydrogen-bond donors (Lipinski definition) is 0. The Hall–Kier alpha value is -3.39. The standard InChI is InChI=1S/C25H29N3O5/c1-19(25(31)27-15-13-26(14-16-27)17-20-7-3-2-4-8-20)33-24(30)11-12-28-21-9-5-6-10-22(21)32-18-23(28)29/h2-10,19H,11-18H2,1H3. The van der Waals surface area contributed by atoms with Gasteiger partial charge in [0, 0.05) is 39.3 Å². The third-order valence-electron chi connectivity index (χ3n) is 5.94. The van der Waals surface area contributed by atoms with E-state index >= 15 is 0 Å². The van der Waals surface area contributed by atoms with E-state index < -0.39 is 12.1 Å². The van der Waals surface area contributed by atoms with Gasteiger partial charge in [0.15, 0.2) is 12.7 Å². The number of para-hydroxylation sites is 2. The molecule has 2 aliphatic rings. The van der Waals surface area contributed by atoms with Crippen LogP contribution >= 0.6 is 0 Å². The number of fused-ring (bicyclic) bond motifs is 1. The summed E-state index contributed by atoms with van der Waals surface area (Å²) in [5.41, 5.74) is 1.89. The fraction of sp³-hybridized carbons (Fsp3) is 0.400. The summed E-state index contributed by atoms with van der Waals surface area (Å²) in [5.74, 6) is -0.287. The largest absolute Gasteiger partial charge is 0.482 e. The average Bonchev–Trinajstić information content (AvgIpc) is 2.84. The molecule has 2 amide bonds. The number of benzene rings is 2. The van der Waals surface area contributed by atoms with Crippen LogP contribution in [0.5, 0.6) is 5.75 Å². The number of nitrogens with zero attached hydrogens (tertiary/aromatic N) is 3. The summed E-state index contributed by atoms with van der Waals surface area (Å²) in [6, 6.07) is 17.5. The number of anilines is 1. The minimum Gasteiger partial charge on any atom is -0.482 e. The molecule has 2 aromatic rings. The van der Waals surface area contributed by atoms with Gasteiger partial charge in [-0.25, -0.2) is 0 Å². The van der Waals surface area contributed by atoms with E-state index in [1.54, 1.807) is 24.0 Å². The van der Waals surface area contributed by atoms with E-state index in [0.29, 0.717) is 24.5 Å². The van der Waals surface area contributed by atoms with Crippen molar-refractivity contribution >= 4 is 23.5 Å². The van der Waals surface area contributed by atoms with Gasteiger partial charge in [0.05, 0.1) is 12.1 Å². The summed E-state index contributed by atoms with van der Waals surface area (Å²) in [7, 11) is 0. The third-order valence-corrected chi connectivity index (χ3v) is 5.94. The Balaban J connectivity index is 1.22. The van der Waals surface area contributed by atoms with Gasteiger partial charge in [-0.15, -0.1) is 0 Å². The van der Waals surface area contributed by atoms with Crippen LogP contribution in [0.25, 0.3) is 0 Å². The molecule has 1 unspecified atom stereocenters. The molecular weight excluding hydrogens is 422 g/mol. The molecule has 2 heterocycles. The maximum Gasteiger partial charge on any atom is 0.308 e. The van der Waals surface area contributed by atoms with E-state index in [1.165, 1.54) is 10.5 Å². The van der Waals surface area contributed by atoms with E-state index in [4.69, 9.17) is 9.47 Å². The number of esters is 1. The predicted octanol–water partition coefficient (Wildman–Crippen LogP) is 2.08. The molecule has 0 saturated carbocycles. The SMILES string of the molecule is CC(OC(=O)CCN1C(=O)COc2ccccc21)C(=O)N1CCN(Cc2ccccc2)CC1. The highest BCUT2D eigenvalue weighted by atomic mass is 16.5. The molecular formula is C25H29N3O5. The van der Waals surface area contributed by atoms with Gasteiger partial charge in [-0.3, -0.25) is 19.3 Å². The van der Waals surface area contributed by atoms with Crippen LogP contribution in [0.2, 0.25) is 0 Å². The zero-order valence-electron chi connectivity index (χ0n) is 18.8. The van der Waals surface area contributed by atoms with Crippen molar-refractivity contribution in [3.63, 3.8) is 0 Å². The second-order valence-corrected chi connectivity index (χ2v) is 8.27. The fourth-order valence-electron chi connectivity index (χ4n) is 4.13. The molecule has 174 valence electrons. The molecule has 0 spiro atoms. The molecule has 1 fully saturated rings. The van der Waals surface area contributed by atoms with Crippen molar-refractivity contribution < 1.29 is 23.9 Å². The molecule has 33 heavy (non-hydrogen) atoms. The van der Waals surface area contributed by atoms with Crippen molar-refractivity contribution in [3.8, 4) is 5.75 Å². The number of carbonyl (C=O) groups is 3. The Kier molecular flexibility index (Phi) is 7.24. The molecule has 1 atom stereocenters. The van der Waals surface area contributed by atoms with Crippen molar-refractivity contribution in [2.75, 3.05) is 44.2 Å². The maximum atomic E-state index is 12.8. The molecule has 0 bridgehead atoms. The number of carbonyl (C=O) groups excluding carboxylic acids is 3. The van der Waals surface area contributed by atoms with E-state index in [-0.39, 0.29) is 31.4 Å². The van der Waals surface area contributed by atoms with E-state index in [2.05, 4.69) is 17.0 Å². The summed E-state index contributed by atoms with van der Waals surface area (Å²) in [5, 5.41) is 0. The second kappa shape index (κ2) is 10.5. The van der Waals surface area contributed by atoms with Crippen LogP contribution in [0.3, 0.4) is 0 Å². The Bertz CT molecular complexity index is 989. The molecule has 4 rings (SSSR count). The number of ether oxygens (including phenoxy) is 2. The highest BCUT2D eigenvalue weighted by Crippen LogP contribution is 2.31. The van der Waals surface area contributed by atoms with Gasteiger partial charge in [-0.1, -0.05) is 42.5 Å². The number of rotatable bonds is 7. The minimum atomic E-state index is -0.856. The van der Waals surface area contributed by atoms with Gasteiger partial charge in [-0.05, 0) is 24.6 Å². The number of piperazine rings is 1. The monoisotopic (exact) mass is 451 g/mol. The maximum absolute atomic E-state index is 12.8. The average molecular weight is 452 g/mol. The normalized spacial score (nSPS) is 17.2. The van der Waals surface area contributed by atoms with Gasteiger partial charge in [0.2, 0.25) is 0 Å². The van der Waals surface area contributed by atoms with Crippen molar-refractivity contribution in [3.05, 3.63) is 60.2 Å². The van der Waals surface area contributed by atoms with Crippen molar-refractivity contribution in [2.24, 2.45) is 0 Å². The van der Waals surface area contributed by atoms with Gasteiger partial charge in [0.25, 0.3) is 11.8 Å². The van der Waals surface area contributed by atoms with Gasteiger partial charge in [0.1, 0.15) is 5.75 Å². The smallest absolute Gasteiger partial charge is 0.308 e. The van der Waals surface area contributed by atoms with E-state index in [0.717, 1.165) is 19.6 Å². The van der Waals surface area contributed by atoms with Crippen LogP contribution in [0.15, 0.2) is 54.6 Å². The van der Waals surface area contributed by atoms with Gasteiger partial charge < -0.3 is 19.3 Å². The predicted molar refractivity (Wildman–Crippen MR) is 123 cm³/mol. The first kappa shape index (κ1) is 22.8. The van der Waals surface area contributed by atoms with E-state index in [1.807, 2.05) is 30.3 Å². The molecule has 0 N–H and O–H groups in total. The molecule has 8 nitrogen and oxygen atoms in total. The highest BCUT2D eigenvalue weighted by Gasteiger charge is 2.29. The van der Waals surface area contributed by atoms with Crippen LogP contribution in [-0.4, -0.2) is 73.0 Å². The zero-order chi connectivity index (χ0) is 23.2. The molecule has 0 radical (unpaired) electrons. The van der Waals surface area contributed by atoms with Crippen molar-refractivity contribution in [2.45, 2.75) is 26.0 Å². The summed E-state index contributed by atoms with van der Waals surface area (Å²) < 4.78 is 10.8. The Morgan fingerprint density at radius 2 is 1.70 bits per heavy atom. The Morgan fingerprint density at radius 3 is 2.45 bits per heavy atom. The van der Waals surface area contributed by atoms with Crippen molar-refractivity contribution in [1.29, 1.82) is 0 Å². The zero-order valence-corrected chi connectivity index (χ0v) is 18.8. The lowest BCUT2D eigenvalue weighted by Crippen LogP contribution is -2.51. The summed E-state index contributed by atoms with van der Waals surface area (Å²) >= 11 is 0. The topological polar surface area (TPSA) is 79.4 Å². The van der Waals surface area contributed by atoms with Crippen LogP contribution in [-0.2, 0) is 25.7 Å². The third kappa shape index (κ3) is 5.70. The van der Waals surface area contributed by atoms with Crippen LogP contribution in [0.1, 0.15) is 18.9 Å².